The number of ether oxygens (including phenoxy) is 1. The predicted molar refractivity (Wildman–Crippen MR) is 105 cm³/mol. The van der Waals surface area contributed by atoms with Gasteiger partial charge in [-0.25, -0.2) is 18.8 Å². The first kappa shape index (κ1) is 20.0. The maximum absolute atomic E-state index is 13.8. The Morgan fingerprint density at radius 3 is 2.74 bits per heavy atom. The third-order valence-electron chi connectivity index (χ3n) is 5.55. The van der Waals surface area contributed by atoms with E-state index in [0.29, 0.717) is 17.8 Å². The monoisotopic (exact) mass is 450 g/mol. The van der Waals surface area contributed by atoms with Crippen molar-refractivity contribution in [1.29, 1.82) is 0 Å². The minimum absolute atomic E-state index is 0.0804. The fourth-order valence-electron chi connectivity index (χ4n) is 3.90. The summed E-state index contributed by atoms with van der Waals surface area (Å²) < 4.78 is 38.5. The average Bonchev–Trinajstić information content (AvgIpc) is 3.48. The van der Waals surface area contributed by atoms with E-state index in [-0.39, 0.29) is 30.9 Å². The zero-order valence-corrected chi connectivity index (χ0v) is 17.0. The summed E-state index contributed by atoms with van der Waals surface area (Å²) in [5.41, 5.74) is 0.359. The van der Waals surface area contributed by atoms with Crippen molar-refractivity contribution in [3.05, 3.63) is 46.1 Å². The molecule has 1 aromatic carbocycles. The molecule has 1 fully saturated rings. The van der Waals surface area contributed by atoms with Crippen LogP contribution in [0.5, 0.6) is 0 Å². The normalized spacial score (nSPS) is 27.4. The van der Waals surface area contributed by atoms with Gasteiger partial charge in [-0.1, -0.05) is 16.8 Å². The summed E-state index contributed by atoms with van der Waals surface area (Å²) in [4.78, 5) is 28.6. The number of rotatable bonds is 4. The molecule has 3 aliphatic heterocycles. The molecule has 9 nitrogen and oxygen atoms in total. The second-order valence-electron chi connectivity index (χ2n) is 7.62. The van der Waals surface area contributed by atoms with E-state index in [1.165, 1.54) is 23.4 Å². The van der Waals surface area contributed by atoms with Crippen molar-refractivity contribution in [2.45, 2.75) is 37.2 Å². The van der Waals surface area contributed by atoms with Crippen LogP contribution in [0.3, 0.4) is 0 Å². The Kier molecular flexibility index (Phi) is 4.94. The van der Waals surface area contributed by atoms with E-state index in [4.69, 9.17) is 20.9 Å². The molecule has 1 amide bonds. The van der Waals surface area contributed by atoms with E-state index in [1.54, 1.807) is 18.3 Å². The van der Waals surface area contributed by atoms with E-state index in [9.17, 15) is 13.6 Å². The van der Waals surface area contributed by atoms with Crippen LogP contribution < -0.4 is 0 Å². The van der Waals surface area contributed by atoms with Gasteiger partial charge in [0.15, 0.2) is 18.0 Å². The lowest BCUT2D eigenvalue weighted by atomic mass is 10.00. The number of hydrogen-bond donors (Lipinski definition) is 0. The first-order chi connectivity index (χ1) is 14.9. The van der Waals surface area contributed by atoms with Crippen molar-refractivity contribution in [1.82, 2.24) is 19.9 Å². The van der Waals surface area contributed by atoms with Crippen molar-refractivity contribution in [3.8, 4) is 0 Å². The van der Waals surface area contributed by atoms with Gasteiger partial charge < -0.3 is 14.2 Å². The molecule has 0 saturated carbocycles. The van der Waals surface area contributed by atoms with Crippen LogP contribution in [0.25, 0.3) is 0 Å². The Hall–Kier alpha value is -2.92. The molecular formula is C19H17ClF2N6O3. The largest absolute Gasteiger partial charge is 0.373 e. The van der Waals surface area contributed by atoms with Gasteiger partial charge in [-0.15, -0.1) is 0 Å². The molecule has 12 heteroatoms. The second-order valence-corrected chi connectivity index (χ2v) is 8.00. The number of halogens is 3. The van der Waals surface area contributed by atoms with Gasteiger partial charge in [-0.2, -0.15) is 4.98 Å². The number of carbonyl (C=O) groups is 1. The van der Waals surface area contributed by atoms with Crippen molar-refractivity contribution in [2.24, 2.45) is 9.98 Å². The van der Waals surface area contributed by atoms with Crippen molar-refractivity contribution >= 4 is 30.2 Å². The Balaban J connectivity index is 1.25. The first-order valence-electron chi connectivity index (χ1n) is 9.58. The lowest BCUT2D eigenvalue weighted by Gasteiger charge is -2.29. The Bertz CT molecular complexity index is 1070. The fraction of sp³-hybridized carbons (Fsp3) is 0.421. The fourth-order valence-corrected chi connectivity index (χ4v) is 4.01. The summed E-state index contributed by atoms with van der Waals surface area (Å²) >= 11 is 5.54. The molecule has 0 bridgehead atoms. The van der Waals surface area contributed by atoms with Crippen LogP contribution in [0.2, 0.25) is 5.02 Å². The summed E-state index contributed by atoms with van der Waals surface area (Å²) in [6, 6.07) is 1.85. The highest BCUT2D eigenvalue weighted by atomic mass is 35.5. The Morgan fingerprint density at radius 2 is 1.97 bits per heavy atom. The maximum Gasteiger partial charge on any atom is 0.255 e. The molecule has 0 N–H and O–H groups in total. The lowest BCUT2D eigenvalue weighted by molar-refractivity contribution is -0.132. The summed E-state index contributed by atoms with van der Waals surface area (Å²) in [6.45, 7) is 0.350. The van der Waals surface area contributed by atoms with Crippen LogP contribution in [0.1, 0.15) is 35.7 Å². The summed E-state index contributed by atoms with van der Waals surface area (Å²) in [5, 5.41) is 3.45. The van der Waals surface area contributed by atoms with Gasteiger partial charge in [0.1, 0.15) is 23.2 Å². The predicted octanol–water partition coefficient (Wildman–Crippen LogP) is 2.29. The highest BCUT2D eigenvalue weighted by molar-refractivity contribution is 6.30. The van der Waals surface area contributed by atoms with Gasteiger partial charge in [0.25, 0.3) is 5.91 Å². The highest BCUT2D eigenvalue weighted by Gasteiger charge is 2.40. The topological polar surface area (TPSA) is 96.4 Å². The molecule has 4 atom stereocenters. The lowest BCUT2D eigenvalue weighted by Crippen LogP contribution is -2.51. The third kappa shape index (κ3) is 3.57. The van der Waals surface area contributed by atoms with Gasteiger partial charge in [-0.05, 0) is 24.1 Å². The number of fused-ring (bicyclic) bond motifs is 1. The molecule has 0 aliphatic carbocycles. The molecule has 5 rings (SSSR count). The molecular weight excluding hydrogens is 434 g/mol. The standard InChI is InChI=1S/C19H17ClF2N6O3/c1-27-7-23-18-16(27)19(29)28(8-24-18)5-14-25-17(26-31-14)10-4-13(30-6-10)9-2-11(21)15(20)12(22)3-9/h2-3,7-8,10,13,16,18H,4-6H2,1H3/t10-,13+,16?,18?/m0/s1. The zero-order valence-electron chi connectivity index (χ0n) is 16.3. The molecule has 0 spiro atoms. The van der Waals surface area contributed by atoms with E-state index >= 15 is 0 Å². The molecule has 1 saturated heterocycles. The molecule has 1 aromatic heterocycles. The van der Waals surface area contributed by atoms with E-state index in [0.717, 1.165) is 0 Å². The SMILES string of the molecule is CN1C=NC2N=CN(Cc3nc([C@@H]4CO[C@@H](c5cc(F)c(Cl)c(F)c5)C4)no3)C(=O)C21. The van der Waals surface area contributed by atoms with E-state index in [1.807, 2.05) is 0 Å². The van der Waals surface area contributed by atoms with Gasteiger partial charge in [-0.3, -0.25) is 9.69 Å². The number of aliphatic imine (C=N–C) groups is 2. The van der Waals surface area contributed by atoms with Gasteiger partial charge in [0.05, 0.1) is 25.4 Å². The minimum atomic E-state index is -0.834. The van der Waals surface area contributed by atoms with Crippen LogP contribution in [0.4, 0.5) is 8.78 Å². The van der Waals surface area contributed by atoms with Crippen LogP contribution in [-0.2, 0) is 16.1 Å². The maximum atomic E-state index is 13.8. The minimum Gasteiger partial charge on any atom is -0.373 e. The molecule has 0 radical (unpaired) electrons. The van der Waals surface area contributed by atoms with Gasteiger partial charge in [0, 0.05) is 13.0 Å². The number of benzene rings is 1. The molecule has 4 heterocycles. The van der Waals surface area contributed by atoms with Crippen molar-refractivity contribution in [2.75, 3.05) is 13.7 Å². The summed E-state index contributed by atoms with van der Waals surface area (Å²) in [7, 11) is 1.77. The number of likely N-dealkylation sites (N-methyl/N-ethyl adjacent to an activating group) is 1. The molecule has 3 aliphatic rings. The number of carbonyl (C=O) groups excluding carboxylic acids is 1. The van der Waals surface area contributed by atoms with Crippen molar-refractivity contribution in [3.63, 3.8) is 0 Å². The summed E-state index contributed by atoms with van der Waals surface area (Å²) in [6.07, 6.45) is 2.51. The molecule has 31 heavy (non-hydrogen) atoms. The number of hydrogen-bond acceptors (Lipinski definition) is 8. The van der Waals surface area contributed by atoms with Gasteiger partial charge in [0.2, 0.25) is 5.89 Å². The summed E-state index contributed by atoms with van der Waals surface area (Å²) in [5.74, 6) is -1.38. The molecule has 162 valence electrons. The van der Waals surface area contributed by atoms with E-state index < -0.39 is 35.0 Å². The molecule has 2 unspecified atom stereocenters. The van der Waals surface area contributed by atoms with Crippen LogP contribution in [0.15, 0.2) is 26.6 Å². The third-order valence-corrected chi connectivity index (χ3v) is 5.91. The van der Waals surface area contributed by atoms with E-state index in [2.05, 4.69) is 20.1 Å². The zero-order chi connectivity index (χ0) is 21.7. The second kappa shape index (κ2) is 7.65. The first-order valence-corrected chi connectivity index (χ1v) is 9.96. The highest BCUT2D eigenvalue weighted by Crippen LogP contribution is 2.38. The van der Waals surface area contributed by atoms with Crippen LogP contribution in [0, 0.1) is 11.6 Å². The Morgan fingerprint density at radius 1 is 1.23 bits per heavy atom. The number of nitrogens with zero attached hydrogens (tertiary/aromatic N) is 6. The van der Waals surface area contributed by atoms with Crippen LogP contribution >= 0.6 is 11.6 Å². The smallest absolute Gasteiger partial charge is 0.255 e. The van der Waals surface area contributed by atoms with Gasteiger partial charge >= 0.3 is 0 Å². The number of amides is 1. The quantitative estimate of drug-likeness (QED) is 0.663. The average molecular weight is 451 g/mol. The molecule has 2 aromatic rings. The van der Waals surface area contributed by atoms with Crippen molar-refractivity contribution < 1.29 is 22.8 Å². The Labute approximate surface area is 180 Å². The van der Waals surface area contributed by atoms with Crippen LogP contribution in [-0.4, -0.2) is 64.4 Å². The number of aromatic nitrogens is 2.